The summed E-state index contributed by atoms with van der Waals surface area (Å²) in [6, 6.07) is 32.5. The van der Waals surface area contributed by atoms with Crippen LogP contribution in [0, 0.1) is 17.8 Å². The molecule has 0 aliphatic heterocycles. The number of hydrogen-bond donors (Lipinski definition) is 2. The Labute approximate surface area is 226 Å². The van der Waals surface area contributed by atoms with Crippen molar-refractivity contribution in [2.24, 2.45) is 17.8 Å². The lowest BCUT2D eigenvalue weighted by Crippen LogP contribution is -2.44. The first-order valence-corrected chi connectivity index (χ1v) is 13.6. The van der Waals surface area contributed by atoms with Crippen LogP contribution in [0.5, 0.6) is 23.0 Å². The maximum atomic E-state index is 6.11. The molecule has 1 aliphatic rings. The highest BCUT2D eigenvalue weighted by molar-refractivity contribution is 5.48. The number of benzene rings is 4. The second-order valence-corrected chi connectivity index (χ2v) is 11.1. The summed E-state index contributed by atoms with van der Waals surface area (Å²) >= 11 is 0. The van der Waals surface area contributed by atoms with Gasteiger partial charge < -0.3 is 20.9 Å². The van der Waals surface area contributed by atoms with Crippen molar-refractivity contribution >= 4 is 11.4 Å². The zero-order valence-corrected chi connectivity index (χ0v) is 22.6. The van der Waals surface area contributed by atoms with Crippen LogP contribution in [0.3, 0.4) is 0 Å². The van der Waals surface area contributed by atoms with Crippen LogP contribution in [0.25, 0.3) is 0 Å². The summed E-state index contributed by atoms with van der Waals surface area (Å²) < 4.78 is 12.2. The van der Waals surface area contributed by atoms with E-state index in [2.05, 4.69) is 69.3 Å². The van der Waals surface area contributed by atoms with Crippen LogP contribution in [0.4, 0.5) is 11.4 Å². The van der Waals surface area contributed by atoms with Crippen molar-refractivity contribution in [1.29, 1.82) is 0 Å². The molecule has 0 bridgehead atoms. The van der Waals surface area contributed by atoms with Crippen molar-refractivity contribution in [3.8, 4) is 23.0 Å². The molecule has 5 rings (SSSR count). The molecule has 1 fully saturated rings. The summed E-state index contributed by atoms with van der Waals surface area (Å²) in [5.41, 5.74) is 15.7. The van der Waals surface area contributed by atoms with Gasteiger partial charge in [0, 0.05) is 16.8 Å². The fourth-order valence-corrected chi connectivity index (χ4v) is 6.23. The molecule has 1 saturated carbocycles. The van der Waals surface area contributed by atoms with Gasteiger partial charge in [-0.2, -0.15) is 0 Å². The standard InChI is InChI=1S/C34H38N2O2/c1-23(2)33-21-4-24(3)22-34(33,25-5-13-29(14-6-25)37-31-17-9-27(35)10-18-31)26-7-15-30(16-8-26)38-32-19-11-28(36)12-20-32/h5-20,23-24,33H,4,21-22,35-36H2,1-3H3. The van der Waals surface area contributed by atoms with Gasteiger partial charge in [-0.3, -0.25) is 0 Å². The van der Waals surface area contributed by atoms with Crippen LogP contribution in [-0.2, 0) is 5.41 Å². The van der Waals surface area contributed by atoms with Crippen LogP contribution >= 0.6 is 0 Å². The Balaban J connectivity index is 1.48. The van der Waals surface area contributed by atoms with Crippen LogP contribution < -0.4 is 20.9 Å². The molecule has 4 aromatic carbocycles. The van der Waals surface area contributed by atoms with E-state index in [0.717, 1.165) is 40.8 Å². The molecule has 0 radical (unpaired) electrons. The van der Waals surface area contributed by atoms with E-state index < -0.39 is 0 Å². The van der Waals surface area contributed by atoms with Crippen molar-refractivity contribution < 1.29 is 9.47 Å². The van der Waals surface area contributed by atoms with E-state index in [1.165, 1.54) is 24.0 Å². The van der Waals surface area contributed by atoms with Gasteiger partial charge in [0.15, 0.2) is 0 Å². The van der Waals surface area contributed by atoms with E-state index in [1.807, 2.05) is 48.5 Å². The monoisotopic (exact) mass is 506 g/mol. The zero-order chi connectivity index (χ0) is 26.7. The molecule has 0 heterocycles. The molecule has 196 valence electrons. The summed E-state index contributed by atoms with van der Waals surface area (Å²) in [6.45, 7) is 7.13. The summed E-state index contributed by atoms with van der Waals surface area (Å²) in [5, 5.41) is 0. The van der Waals surface area contributed by atoms with Gasteiger partial charge in [0.1, 0.15) is 23.0 Å². The minimum absolute atomic E-state index is 0.0781. The van der Waals surface area contributed by atoms with Gasteiger partial charge in [0.2, 0.25) is 0 Å². The molecule has 2 atom stereocenters. The number of rotatable bonds is 7. The molecule has 4 nitrogen and oxygen atoms in total. The molecule has 1 aliphatic carbocycles. The Hall–Kier alpha value is -3.92. The molecule has 4 aromatic rings. The number of anilines is 2. The fourth-order valence-electron chi connectivity index (χ4n) is 6.23. The molecule has 0 aromatic heterocycles. The summed E-state index contributed by atoms with van der Waals surface area (Å²) in [5.74, 6) is 4.94. The average molecular weight is 507 g/mol. The molecular formula is C34H38N2O2. The normalized spacial score (nSPS) is 18.7. The third-order valence-electron chi connectivity index (χ3n) is 8.05. The van der Waals surface area contributed by atoms with E-state index >= 15 is 0 Å². The Bertz CT molecular complexity index is 1240. The van der Waals surface area contributed by atoms with E-state index in [4.69, 9.17) is 20.9 Å². The van der Waals surface area contributed by atoms with Crippen LogP contribution in [0.15, 0.2) is 97.1 Å². The quantitative estimate of drug-likeness (QED) is 0.246. The summed E-state index contributed by atoms with van der Waals surface area (Å²) in [7, 11) is 0. The van der Waals surface area contributed by atoms with E-state index in [0.29, 0.717) is 17.8 Å². The summed E-state index contributed by atoms with van der Waals surface area (Å²) in [6.07, 6.45) is 3.60. The fraction of sp³-hybridized carbons (Fsp3) is 0.294. The first-order chi connectivity index (χ1) is 18.3. The highest BCUT2D eigenvalue weighted by Crippen LogP contribution is 2.53. The van der Waals surface area contributed by atoms with Gasteiger partial charge in [0.25, 0.3) is 0 Å². The lowest BCUT2D eigenvalue weighted by atomic mass is 9.54. The topological polar surface area (TPSA) is 70.5 Å². The predicted molar refractivity (Wildman–Crippen MR) is 157 cm³/mol. The third-order valence-corrected chi connectivity index (χ3v) is 8.05. The molecule has 4 N–H and O–H groups in total. The highest BCUT2D eigenvalue weighted by atomic mass is 16.5. The SMILES string of the molecule is CC1CCC(C(C)C)C(c2ccc(Oc3ccc(N)cc3)cc2)(c2ccc(Oc3ccc(N)cc3)cc2)C1. The number of ether oxygens (including phenoxy) is 2. The summed E-state index contributed by atoms with van der Waals surface area (Å²) in [4.78, 5) is 0. The van der Waals surface area contributed by atoms with Crippen molar-refractivity contribution in [1.82, 2.24) is 0 Å². The van der Waals surface area contributed by atoms with Gasteiger partial charge >= 0.3 is 0 Å². The lowest BCUT2D eigenvalue weighted by Gasteiger charge is -2.49. The lowest BCUT2D eigenvalue weighted by molar-refractivity contribution is 0.135. The smallest absolute Gasteiger partial charge is 0.127 e. The molecule has 38 heavy (non-hydrogen) atoms. The van der Waals surface area contributed by atoms with Crippen molar-refractivity contribution in [2.75, 3.05) is 11.5 Å². The number of hydrogen-bond acceptors (Lipinski definition) is 4. The van der Waals surface area contributed by atoms with Gasteiger partial charge in [-0.05, 0) is 115 Å². The Morgan fingerprint density at radius 3 is 1.34 bits per heavy atom. The van der Waals surface area contributed by atoms with Gasteiger partial charge in [-0.1, -0.05) is 51.5 Å². The Morgan fingerprint density at radius 1 is 0.605 bits per heavy atom. The minimum Gasteiger partial charge on any atom is -0.457 e. The first-order valence-electron chi connectivity index (χ1n) is 13.6. The van der Waals surface area contributed by atoms with Gasteiger partial charge in [-0.25, -0.2) is 0 Å². The Morgan fingerprint density at radius 2 is 0.974 bits per heavy atom. The minimum atomic E-state index is -0.0781. The maximum Gasteiger partial charge on any atom is 0.127 e. The van der Waals surface area contributed by atoms with Crippen LogP contribution in [0.1, 0.15) is 51.2 Å². The second kappa shape index (κ2) is 10.8. The number of nitrogens with two attached hydrogens (primary N) is 2. The van der Waals surface area contributed by atoms with Crippen molar-refractivity contribution in [2.45, 2.75) is 45.4 Å². The Kier molecular flexibility index (Phi) is 7.33. The predicted octanol–water partition coefficient (Wildman–Crippen LogP) is 8.81. The maximum absolute atomic E-state index is 6.11. The van der Waals surface area contributed by atoms with Gasteiger partial charge in [-0.15, -0.1) is 0 Å². The van der Waals surface area contributed by atoms with Crippen LogP contribution in [-0.4, -0.2) is 0 Å². The molecule has 0 amide bonds. The average Bonchev–Trinajstić information content (AvgIpc) is 2.92. The number of nitrogen functional groups attached to an aromatic ring is 2. The zero-order valence-electron chi connectivity index (χ0n) is 22.6. The van der Waals surface area contributed by atoms with E-state index in [1.54, 1.807) is 0 Å². The third kappa shape index (κ3) is 5.35. The van der Waals surface area contributed by atoms with E-state index in [-0.39, 0.29) is 5.41 Å². The van der Waals surface area contributed by atoms with Crippen LogP contribution in [0.2, 0.25) is 0 Å². The van der Waals surface area contributed by atoms with E-state index in [9.17, 15) is 0 Å². The second-order valence-electron chi connectivity index (χ2n) is 11.1. The van der Waals surface area contributed by atoms with Gasteiger partial charge in [0.05, 0.1) is 0 Å². The molecule has 4 heteroatoms. The highest BCUT2D eigenvalue weighted by Gasteiger charge is 2.46. The van der Waals surface area contributed by atoms with Crippen molar-refractivity contribution in [3.63, 3.8) is 0 Å². The molecular weight excluding hydrogens is 468 g/mol. The molecule has 0 saturated heterocycles. The molecule has 0 spiro atoms. The first kappa shape index (κ1) is 25.7. The van der Waals surface area contributed by atoms with Crippen molar-refractivity contribution in [3.05, 3.63) is 108 Å². The largest absolute Gasteiger partial charge is 0.457 e. The molecule has 2 unspecified atom stereocenters.